The zero-order chi connectivity index (χ0) is 21.7. The molecule has 1 saturated heterocycles. The molecule has 2 aromatic heterocycles. The number of pyridine rings is 1. The lowest BCUT2D eigenvalue weighted by Crippen LogP contribution is -2.29. The average molecular weight is 422 g/mol. The number of anilines is 1. The van der Waals surface area contributed by atoms with Crippen LogP contribution < -0.4 is 15.6 Å². The third-order valence-corrected chi connectivity index (χ3v) is 6.65. The zero-order valence-electron chi connectivity index (χ0n) is 17.7. The van der Waals surface area contributed by atoms with Crippen LogP contribution in [0, 0.1) is 12.8 Å². The SMILES string of the molecule is CNC(c1ncco1)C1CCN(c2ccc3c(=O)c(C(=O)O)cn(C4CC4)c3c2C)C1. The summed E-state index contributed by atoms with van der Waals surface area (Å²) >= 11 is 0. The third-order valence-electron chi connectivity index (χ3n) is 6.65. The van der Waals surface area contributed by atoms with E-state index in [1.165, 1.54) is 6.20 Å². The molecule has 1 aliphatic carbocycles. The molecule has 2 unspecified atom stereocenters. The number of carbonyl (C=O) groups is 1. The van der Waals surface area contributed by atoms with Gasteiger partial charge in [0.15, 0.2) is 0 Å². The van der Waals surface area contributed by atoms with Crippen LogP contribution in [0.2, 0.25) is 0 Å². The predicted octanol–water partition coefficient (Wildman–Crippen LogP) is 3.12. The standard InChI is InChI=1S/C23H26N4O4/c1-13-18(26-9-7-14(11-26)19(24-2)22-25-8-10-31-22)6-5-16-20(13)27(15-3-4-15)12-17(21(16)28)23(29)30/h5-6,8,10,12,14-15,19,24H,3-4,7,9,11H2,1-2H3,(H,29,30). The molecule has 2 N–H and O–H groups in total. The fourth-order valence-electron chi connectivity index (χ4n) is 4.98. The summed E-state index contributed by atoms with van der Waals surface area (Å²) in [6.45, 7) is 3.78. The molecule has 3 heterocycles. The molecule has 2 aliphatic rings. The first kappa shape index (κ1) is 19.8. The Bertz CT molecular complexity index is 1200. The summed E-state index contributed by atoms with van der Waals surface area (Å²) in [5.41, 5.74) is 2.41. The quantitative estimate of drug-likeness (QED) is 0.629. The van der Waals surface area contributed by atoms with Gasteiger partial charge in [-0.25, -0.2) is 9.78 Å². The summed E-state index contributed by atoms with van der Waals surface area (Å²) in [5.74, 6) is -0.123. The van der Waals surface area contributed by atoms with Crippen LogP contribution in [0.4, 0.5) is 5.69 Å². The van der Waals surface area contributed by atoms with Crippen molar-refractivity contribution in [3.05, 3.63) is 58.0 Å². The summed E-state index contributed by atoms with van der Waals surface area (Å²) in [4.78, 5) is 31.1. The highest BCUT2D eigenvalue weighted by Crippen LogP contribution is 2.40. The number of benzene rings is 1. The Balaban J connectivity index is 1.54. The molecule has 1 saturated carbocycles. The largest absolute Gasteiger partial charge is 0.477 e. The fraction of sp³-hybridized carbons (Fsp3) is 0.435. The molecule has 2 atom stereocenters. The minimum Gasteiger partial charge on any atom is -0.477 e. The number of fused-ring (bicyclic) bond motifs is 1. The van der Waals surface area contributed by atoms with Gasteiger partial charge in [-0.2, -0.15) is 0 Å². The molecule has 2 fully saturated rings. The minimum atomic E-state index is -1.17. The van der Waals surface area contributed by atoms with Crippen molar-refractivity contribution >= 4 is 22.6 Å². The number of nitrogens with zero attached hydrogens (tertiary/aromatic N) is 3. The van der Waals surface area contributed by atoms with E-state index in [4.69, 9.17) is 4.42 Å². The first-order valence-corrected chi connectivity index (χ1v) is 10.7. The molecule has 0 radical (unpaired) electrons. The number of hydrogen-bond acceptors (Lipinski definition) is 6. The molecule has 0 amide bonds. The number of nitrogens with one attached hydrogen (secondary N) is 1. The third kappa shape index (κ3) is 3.31. The van der Waals surface area contributed by atoms with Gasteiger partial charge in [0.2, 0.25) is 11.3 Å². The second-order valence-electron chi connectivity index (χ2n) is 8.55. The van der Waals surface area contributed by atoms with E-state index in [1.807, 2.05) is 24.6 Å². The van der Waals surface area contributed by atoms with Crippen molar-refractivity contribution in [1.82, 2.24) is 14.9 Å². The van der Waals surface area contributed by atoms with Crippen molar-refractivity contribution < 1.29 is 14.3 Å². The van der Waals surface area contributed by atoms with Crippen molar-refractivity contribution in [3.63, 3.8) is 0 Å². The number of aromatic carboxylic acids is 1. The number of oxazole rings is 1. The van der Waals surface area contributed by atoms with Gasteiger partial charge in [0, 0.05) is 42.3 Å². The minimum absolute atomic E-state index is 0.0449. The van der Waals surface area contributed by atoms with Gasteiger partial charge in [0.05, 0.1) is 17.8 Å². The molecule has 0 bridgehead atoms. The molecule has 8 heteroatoms. The first-order valence-electron chi connectivity index (χ1n) is 10.7. The second-order valence-corrected chi connectivity index (χ2v) is 8.55. The zero-order valence-corrected chi connectivity index (χ0v) is 17.7. The summed E-state index contributed by atoms with van der Waals surface area (Å²) < 4.78 is 7.55. The van der Waals surface area contributed by atoms with Gasteiger partial charge >= 0.3 is 5.97 Å². The maximum atomic E-state index is 12.8. The Kier molecular flexibility index (Phi) is 4.81. The molecule has 1 aromatic carbocycles. The normalized spacial score (nSPS) is 19.8. The maximum Gasteiger partial charge on any atom is 0.341 e. The summed E-state index contributed by atoms with van der Waals surface area (Å²) in [6, 6.07) is 4.07. The van der Waals surface area contributed by atoms with Gasteiger partial charge in [0.25, 0.3) is 0 Å². The van der Waals surface area contributed by atoms with Crippen molar-refractivity contribution in [1.29, 1.82) is 0 Å². The molecular weight excluding hydrogens is 396 g/mol. The van der Waals surface area contributed by atoms with E-state index >= 15 is 0 Å². The molecule has 1 aliphatic heterocycles. The van der Waals surface area contributed by atoms with E-state index in [9.17, 15) is 14.7 Å². The Labute approximate surface area is 179 Å². The van der Waals surface area contributed by atoms with Gasteiger partial charge in [0.1, 0.15) is 11.8 Å². The monoisotopic (exact) mass is 422 g/mol. The average Bonchev–Trinajstić information content (AvgIpc) is 3.24. The van der Waals surface area contributed by atoms with E-state index in [1.54, 1.807) is 18.5 Å². The maximum absolute atomic E-state index is 12.8. The van der Waals surface area contributed by atoms with Crippen LogP contribution in [-0.4, -0.2) is 40.8 Å². The molecule has 8 nitrogen and oxygen atoms in total. The number of aryl methyl sites for hydroxylation is 1. The van der Waals surface area contributed by atoms with Gasteiger partial charge in [-0.15, -0.1) is 0 Å². The summed E-state index contributed by atoms with van der Waals surface area (Å²) in [7, 11) is 1.92. The summed E-state index contributed by atoms with van der Waals surface area (Å²) in [6.07, 6.45) is 7.82. The van der Waals surface area contributed by atoms with Crippen LogP contribution in [0.1, 0.15) is 53.2 Å². The van der Waals surface area contributed by atoms with Gasteiger partial charge in [-0.1, -0.05) is 0 Å². The molecule has 5 rings (SSSR count). The second kappa shape index (κ2) is 7.53. The van der Waals surface area contributed by atoms with E-state index in [-0.39, 0.29) is 17.6 Å². The smallest absolute Gasteiger partial charge is 0.341 e. The van der Waals surface area contributed by atoms with E-state index in [2.05, 4.69) is 15.2 Å². The molecular formula is C23H26N4O4. The Morgan fingerprint density at radius 1 is 1.32 bits per heavy atom. The lowest BCUT2D eigenvalue weighted by atomic mass is 9.99. The van der Waals surface area contributed by atoms with Crippen molar-refractivity contribution in [3.8, 4) is 0 Å². The van der Waals surface area contributed by atoms with Crippen LogP contribution in [0.5, 0.6) is 0 Å². The van der Waals surface area contributed by atoms with E-state index in [0.717, 1.165) is 49.1 Å². The molecule has 31 heavy (non-hydrogen) atoms. The summed E-state index contributed by atoms with van der Waals surface area (Å²) in [5, 5.41) is 13.3. The Morgan fingerprint density at radius 3 is 2.77 bits per heavy atom. The van der Waals surface area contributed by atoms with Crippen LogP contribution in [-0.2, 0) is 0 Å². The van der Waals surface area contributed by atoms with Crippen LogP contribution >= 0.6 is 0 Å². The van der Waals surface area contributed by atoms with Gasteiger partial charge < -0.3 is 24.3 Å². The van der Waals surface area contributed by atoms with Crippen molar-refractivity contribution in [2.24, 2.45) is 5.92 Å². The van der Waals surface area contributed by atoms with E-state index in [0.29, 0.717) is 17.2 Å². The lowest BCUT2D eigenvalue weighted by Gasteiger charge is -2.25. The van der Waals surface area contributed by atoms with Gasteiger partial charge in [-0.05, 0) is 50.9 Å². The molecule has 162 valence electrons. The number of carboxylic acids is 1. The highest BCUT2D eigenvalue weighted by Gasteiger charge is 2.34. The fourth-order valence-corrected chi connectivity index (χ4v) is 4.98. The highest BCUT2D eigenvalue weighted by molar-refractivity contribution is 5.95. The number of hydrogen-bond donors (Lipinski definition) is 2. The number of aromatic nitrogens is 2. The Morgan fingerprint density at radius 2 is 2.13 bits per heavy atom. The Hall–Kier alpha value is -3.13. The molecule has 3 aromatic rings. The van der Waals surface area contributed by atoms with Crippen LogP contribution in [0.3, 0.4) is 0 Å². The van der Waals surface area contributed by atoms with Crippen LogP contribution in [0.15, 0.2) is 40.0 Å². The van der Waals surface area contributed by atoms with Crippen molar-refractivity contribution in [2.45, 2.75) is 38.3 Å². The topological polar surface area (TPSA) is 101 Å². The predicted molar refractivity (Wildman–Crippen MR) is 117 cm³/mol. The number of rotatable bonds is 6. The van der Waals surface area contributed by atoms with Gasteiger partial charge in [-0.3, -0.25) is 4.79 Å². The van der Waals surface area contributed by atoms with Crippen molar-refractivity contribution in [2.75, 3.05) is 25.0 Å². The number of carboxylic acid groups (broad SMARTS) is 1. The van der Waals surface area contributed by atoms with Crippen LogP contribution in [0.25, 0.3) is 10.9 Å². The lowest BCUT2D eigenvalue weighted by molar-refractivity contribution is 0.0695. The van der Waals surface area contributed by atoms with E-state index < -0.39 is 11.4 Å². The highest BCUT2D eigenvalue weighted by atomic mass is 16.4. The molecule has 0 spiro atoms. The first-order chi connectivity index (χ1) is 15.0.